The van der Waals surface area contributed by atoms with Gasteiger partial charge in [0, 0.05) is 12.8 Å². The molecule has 5 rings (SSSR count). The van der Waals surface area contributed by atoms with Crippen LogP contribution in [0.5, 0.6) is 0 Å². The molecule has 4 saturated carbocycles. The average Bonchev–Trinajstić information content (AvgIpc) is 3.41. The van der Waals surface area contributed by atoms with Crippen molar-refractivity contribution in [3.8, 4) is 0 Å². The molecule has 0 aromatic carbocycles. The van der Waals surface area contributed by atoms with E-state index in [4.69, 9.17) is 5.11 Å². The third-order valence-electron chi connectivity index (χ3n) is 11.1. The first-order valence-electron chi connectivity index (χ1n) is 13.8. The summed E-state index contributed by atoms with van der Waals surface area (Å²) >= 11 is 0. The zero-order valence-corrected chi connectivity index (χ0v) is 21.4. The molecular formula is C28H46O6. The van der Waals surface area contributed by atoms with E-state index in [0.29, 0.717) is 48.5 Å². The van der Waals surface area contributed by atoms with Gasteiger partial charge in [-0.15, -0.1) is 0 Å². The summed E-state index contributed by atoms with van der Waals surface area (Å²) in [6.07, 6.45) is 10.8. The van der Waals surface area contributed by atoms with Crippen LogP contribution in [0.25, 0.3) is 0 Å². The Morgan fingerprint density at radius 3 is 2.47 bits per heavy atom. The van der Waals surface area contributed by atoms with Gasteiger partial charge in [0.05, 0.1) is 18.8 Å². The fourth-order valence-electron chi connectivity index (χ4n) is 9.19. The second-order valence-corrected chi connectivity index (χ2v) is 12.6. The molecule has 0 amide bonds. The van der Waals surface area contributed by atoms with Crippen LogP contribution in [0.4, 0.5) is 0 Å². The molecular weight excluding hydrogens is 432 g/mol. The normalized spacial score (nSPS) is 46.3. The summed E-state index contributed by atoms with van der Waals surface area (Å²) in [4.78, 5) is 21.1. The van der Waals surface area contributed by atoms with Crippen LogP contribution in [-0.4, -0.2) is 46.1 Å². The molecule has 6 heteroatoms. The van der Waals surface area contributed by atoms with Crippen LogP contribution in [0, 0.1) is 46.3 Å². The molecule has 0 radical (unpaired) electrons. The van der Waals surface area contributed by atoms with Crippen molar-refractivity contribution in [3.63, 3.8) is 0 Å². The highest BCUT2D eigenvalue weighted by atomic mass is 16.5. The molecule has 194 valence electrons. The van der Waals surface area contributed by atoms with Crippen LogP contribution in [-0.2, 0) is 14.3 Å². The number of aliphatic hydroxyl groups is 2. The van der Waals surface area contributed by atoms with E-state index in [1.807, 2.05) is 0 Å². The number of aliphatic carboxylic acids is 1. The van der Waals surface area contributed by atoms with Gasteiger partial charge in [-0.3, -0.25) is 9.59 Å². The minimum Gasteiger partial charge on any atom is -0.481 e. The lowest BCUT2D eigenvalue weighted by Gasteiger charge is -2.62. The topological polar surface area (TPSA) is 104 Å². The number of carboxylic acid groups (broad SMARTS) is 1. The largest absolute Gasteiger partial charge is 0.481 e. The quantitative estimate of drug-likeness (QED) is 0.501. The van der Waals surface area contributed by atoms with Gasteiger partial charge in [0.2, 0.25) is 0 Å². The van der Waals surface area contributed by atoms with E-state index >= 15 is 0 Å². The van der Waals surface area contributed by atoms with Gasteiger partial charge in [0.1, 0.15) is 0 Å². The minimum absolute atomic E-state index is 0.0463. The predicted octanol–water partition coefficient (Wildman–Crippen LogP) is 4.80. The molecule has 1 aliphatic heterocycles. The maximum atomic E-state index is 11.5. The van der Waals surface area contributed by atoms with Gasteiger partial charge in [0.15, 0.2) is 0 Å². The molecule has 0 aromatic rings. The lowest BCUT2D eigenvalue weighted by Crippen LogP contribution is -2.58. The van der Waals surface area contributed by atoms with Crippen LogP contribution in [0.3, 0.4) is 0 Å². The molecule has 5 fully saturated rings. The van der Waals surface area contributed by atoms with E-state index in [9.17, 15) is 19.8 Å². The number of ether oxygens (including phenoxy) is 1. The van der Waals surface area contributed by atoms with Gasteiger partial charge in [-0.05, 0) is 111 Å². The molecule has 3 N–H and O–H groups in total. The summed E-state index contributed by atoms with van der Waals surface area (Å²) in [6.45, 7) is 7.63. The molecule has 1 heterocycles. The number of aliphatic hydroxyl groups excluding tert-OH is 2. The van der Waals surface area contributed by atoms with Crippen LogP contribution in [0.1, 0.15) is 97.8 Å². The van der Waals surface area contributed by atoms with Crippen molar-refractivity contribution in [3.05, 3.63) is 0 Å². The van der Waals surface area contributed by atoms with Crippen LogP contribution < -0.4 is 0 Å². The second kappa shape index (κ2) is 10.1. The maximum absolute atomic E-state index is 11.5. The number of hydrogen-bond donors (Lipinski definition) is 3. The Bertz CT molecular complexity index is 745. The molecule has 34 heavy (non-hydrogen) atoms. The minimum atomic E-state index is -0.707. The molecule has 3 unspecified atom stereocenters. The fraction of sp³-hybridized carbons (Fsp3) is 0.929. The Hall–Kier alpha value is -1.14. The summed E-state index contributed by atoms with van der Waals surface area (Å²) < 4.78 is 4.51. The number of carbonyl (C=O) groups excluding carboxylic acids is 1. The standard InChI is InChI=1S/C24H40O4.C4H6O2/c1-14(4-9-22(27)28)18-7-8-19-17-6-5-15-12-16(25)10-11-23(15,2)20(17)13-21(26)24(18,19)3;5-4-2-1-3-6-4/h14-21,25-26H,4-13H2,1-3H3,(H,27,28);1-3H2/t14-,15-,16-,17?,18-,19?,20?,21+,23+,24-;/m1./s1. The molecule has 10 atom stereocenters. The van der Waals surface area contributed by atoms with Crippen LogP contribution >= 0.6 is 0 Å². The van der Waals surface area contributed by atoms with E-state index in [1.165, 1.54) is 19.3 Å². The molecule has 6 nitrogen and oxygen atoms in total. The lowest BCUT2D eigenvalue weighted by atomic mass is 9.43. The lowest BCUT2D eigenvalue weighted by molar-refractivity contribution is -0.175. The smallest absolute Gasteiger partial charge is 0.305 e. The van der Waals surface area contributed by atoms with Crippen molar-refractivity contribution >= 4 is 11.9 Å². The van der Waals surface area contributed by atoms with Crippen molar-refractivity contribution in [1.29, 1.82) is 0 Å². The zero-order valence-electron chi connectivity index (χ0n) is 21.4. The van der Waals surface area contributed by atoms with Crippen LogP contribution in [0.2, 0.25) is 0 Å². The molecule has 5 aliphatic rings. The van der Waals surface area contributed by atoms with Gasteiger partial charge in [-0.1, -0.05) is 20.8 Å². The summed E-state index contributed by atoms with van der Waals surface area (Å²) in [5, 5.41) is 30.8. The number of cyclic esters (lactones) is 1. The van der Waals surface area contributed by atoms with Crippen molar-refractivity contribution < 1.29 is 29.6 Å². The first kappa shape index (κ1) is 25.9. The van der Waals surface area contributed by atoms with Gasteiger partial charge < -0.3 is 20.1 Å². The molecule has 1 saturated heterocycles. The van der Waals surface area contributed by atoms with Crippen molar-refractivity contribution in [2.24, 2.45) is 46.3 Å². The van der Waals surface area contributed by atoms with Gasteiger partial charge in [0.25, 0.3) is 0 Å². The summed E-state index contributed by atoms with van der Waals surface area (Å²) in [7, 11) is 0. The third-order valence-corrected chi connectivity index (χ3v) is 11.1. The highest BCUT2D eigenvalue weighted by molar-refractivity contribution is 5.70. The second-order valence-electron chi connectivity index (χ2n) is 12.6. The van der Waals surface area contributed by atoms with Gasteiger partial charge in [-0.25, -0.2) is 0 Å². The van der Waals surface area contributed by atoms with Crippen molar-refractivity contribution in [1.82, 2.24) is 0 Å². The number of esters is 1. The Morgan fingerprint density at radius 1 is 1.09 bits per heavy atom. The summed E-state index contributed by atoms with van der Waals surface area (Å²) in [6, 6.07) is 0. The molecule has 0 aromatic heterocycles. The fourth-order valence-corrected chi connectivity index (χ4v) is 9.19. The highest BCUT2D eigenvalue weighted by Gasteiger charge is 2.63. The third kappa shape index (κ3) is 4.66. The molecule has 0 bridgehead atoms. The Kier molecular flexibility index (Phi) is 7.69. The molecule has 0 spiro atoms. The van der Waals surface area contributed by atoms with Crippen molar-refractivity contribution in [2.75, 3.05) is 6.61 Å². The number of carboxylic acids is 1. The van der Waals surface area contributed by atoms with E-state index in [2.05, 4.69) is 25.5 Å². The average molecular weight is 479 g/mol. The van der Waals surface area contributed by atoms with E-state index in [-0.39, 0.29) is 35.4 Å². The number of fused-ring (bicyclic) bond motifs is 5. The monoisotopic (exact) mass is 478 g/mol. The highest BCUT2D eigenvalue weighted by Crippen LogP contribution is 2.68. The molecule has 4 aliphatic carbocycles. The van der Waals surface area contributed by atoms with E-state index in [1.54, 1.807) is 0 Å². The maximum Gasteiger partial charge on any atom is 0.305 e. The first-order chi connectivity index (χ1) is 16.1. The Labute approximate surface area is 204 Å². The zero-order chi connectivity index (χ0) is 24.7. The summed E-state index contributed by atoms with van der Waals surface area (Å²) in [5.41, 5.74) is 0.216. The summed E-state index contributed by atoms with van der Waals surface area (Å²) in [5.74, 6) is 2.50. The van der Waals surface area contributed by atoms with E-state index < -0.39 is 5.97 Å². The van der Waals surface area contributed by atoms with E-state index in [0.717, 1.165) is 44.9 Å². The van der Waals surface area contributed by atoms with Crippen molar-refractivity contribution in [2.45, 2.75) is 110 Å². The predicted molar refractivity (Wildman–Crippen MR) is 129 cm³/mol. The Morgan fingerprint density at radius 2 is 1.85 bits per heavy atom. The SMILES string of the molecule is C[C@H](CCC(=O)O)[C@H]1CCC2C3CC[C@@H]4C[C@H](O)CC[C@]4(C)C3C[C@H](O)[C@@]21C.O=C1CCCO1. The number of hydrogen-bond acceptors (Lipinski definition) is 5. The van der Waals surface area contributed by atoms with Gasteiger partial charge >= 0.3 is 11.9 Å². The number of rotatable bonds is 4. The van der Waals surface area contributed by atoms with Crippen LogP contribution in [0.15, 0.2) is 0 Å². The number of carbonyl (C=O) groups is 2. The first-order valence-corrected chi connectivity index (χ1v) is 13.8. The van der Waals surface area contributed by atoms with Gasteiger partial charge in [-0.2, -0.15) is 0 Å². The Balaban J connectivity index is 0.000000398.